The standard InChI is InChI=1S/C14H18N2O4S/c1-20-13(17)16-9-2-3-11(21(18)19)10(8-9)12-14(4-5-14)6-7-15-12/h2-3,8,12,15H,4-7H2,1H3,(H,16,17)(H,18,19)/p-1. The molecule has 0 radical (unpaired) electrons. The minimum atomic E-state index is -2.30. The first-order valence-corrected chi connectivity index (χ1v) is 7.95. The van der Waals surface area contributed by atoms with Gasteiger partial charge in [-0.15, -0.1) is 0 Å². The zero-order valence-corrected chi connectivity index (χ0v) is 12.5. The summed E-state index contributed by atoms with van der Waals surface area (Å²) in [6.45, 7) is 0.893. The van der Waals surface area contributed by atoms with Crippen molar-refractivity contribution in [2.75, 3.05) is 19.0 Å². The molecule has 1 aromatic rings. The van der Waals surface area contributed by atoms with Gasteiger partial charge < -0.3 is 14.6 Å². The number of ether oxygens (including phenoxy) is 1. The lowest BCUT2D eigenvalue weighted by molar-refractivity contribution is 0.187. The van der Waals surface area contributed by atoms with Crippen LogP contribution >= 0.6 is 0 Å². The Labute approximate surface area is 125 Å². The average molecular weight is 309 g/mol. The molecule has 114 valence electrons. The fourth-order valence-electron chi connectivity index (χ4n) is 3.14. The SMILES string of the molecule is COC(=O)Nc1ccc(S(=O)[O-])c(C2NCCC23CC3)c1. The molecular weight excluding hydrogens is 292 g/mol. The van der Waals surface area contributed by atoms with Gasteiger partial charge in [-0.25, -0.2) is 4.79 Å². The number of carbonyl (C=O) groups excluding carboxylic acids is 1. The van der Waals surface area contributed by atoms with E-state index in [0.29, 0.717) is 5.69 Å². The second-order valence-electron chi connectivity index (χ2n) is 5.60. The number of hydrogen-bond acceptors (Lipinski definition) is 5. The lowest BCUT2D eigenvalue weighted by atomic mass is 9.91. The molecule has 2 unspecified atom stereocenters. The van der Waals surface area contributed by atoms with Crippen molar-refractivity contribution < 1.29 is 18.3 Å². The summed E-state index contributed by atoms with van der Waals surface area (Å²) in [6, 6.07) is 4.86. The third-order valence-electron chi connectivity index (χ3n) is 4.41. The van der Waals surface area contributed by atoms with Crippen molar-refractivity contribution in [3.8, 4) is 0 Å². The second kappa shape index (κ2) is 5.40. The molecule has 2 atom stereocenters. The van der Waals surface area contributed by atoms with Gasteiger partial charge in [0.1, 0.15) is 0 Å². The number of amides is 1. The summed E-state index contributed by atoms with van der Waals surface area (Å²) in [4.78, 5) is 11.6. The molecule has 3 rings (SSSR count). The predicted octanol–water partition coefficient (Wildman–Crippen LogP) is 1.92. The molecule has 1 aromatic carbocycles. The monoisotopic (exact) mass is 309 g/mol. The number of hydrogen-bond donors (Lipinski definition) is 2. The summed E-state index contributed by atoms with van der Waals surface area (Å²) in [5.41, 5.74) is 1.46. The van der Waals surface area contributed by atoms with Crippen molar-refractivity contribution in [3.05, 3.63) is 23.8 Å². The van der Waals surface area contributed by atoms with Gasteiger partial charge >= 0.3 is 6.09 Å². The third kappa shape index (κ3) is 2.68. The van der Waals surface area contributed by atoms with E-state index < -0.39 is 17.2 Å². The van der Waals surface area contributed by atoms with E-state index >= 15 is 0 Å². The minimum Gasteiger partial charge on any atom is -0.768 e. The maximum Gasteiger partial charge on any atom is 0.411 e. The van der Waals surface area contributed by atoms with Gasteiger partial charge in [0.2, 0.25) is 0 Å². The number of methoxy groups -OCH3 is 1. The topological polar surface area (TPSA) is 90.5 Å². The van der Waals surface area contributed by atoms with Gasteiger partial charge in [-0.1, -0.05) is 0 Å². The van der Waals surface area contributed by atoms with Crippen LogP contribution in [0.4, 0.5) is 10.5 Å². The largest absolute Gasteiger partial charge is 0.768 e. The Balaban J connectivity index is 1.97. The smallest absolute Gasteiger partial charge is 0.411 e. The average Bonchev–Trinajstić information content (AvgIpc) is 3.10. The normalized spacial score (nSPS) is 23.8. The molecule has 1 amide bonds. The van der Waals surface area contributed by atoms with Crippen molar-refractivity contribution in [2.24, 2.45) is 5.41 Å². The predicted molar refractivity (Wildman–Crippen MR) is 76.7 cm³/mol. The van der Waals surface area contributed by atoms with Crippen molar-refractivity contribution >= 4 is 22.9 Å². The number of carbonyl (C=O) groups is 1. The molecular formula is C14H17N2O4S-. The maximum absolute atomic E-state index is 11.5. The van der Waals surface area contributed by atoms with Crippen molar-refractivity contribution in [1.29, 1.82) is 0 Å². The molecule has 0 aromatic heterocycles. The zero-order valence-electron chi connectivity index (χ0n) is 11.7. The Hall–Kier alpha value is -1.44. The third-order valence-corrected chi connectivity index (χ3v) is 5.14. The Morgan fingerprint density at radius 2 is 2.24 bits per heavy atom. The molecule has 2 fully saturated rings. The molecule has 6 nitrogen and oxygen atoms in total. The summed E-state index contributed by atoms with van der Waals surface area (Å²) < 4.78 is 27.5. The van der Waals surface area contributed by atoms with Crippen LogP contribution in [0.15, 0.2) is 23.1 Å². The van der Waals surface area contributed by atoms with Gasteiger partial charge in [-0.3, -0.25) is 9.53 Å². The lowest BCUT2D eigenvalue weighted by Crippen LogP contribution is -2.21. The van der Waals surface area contributed by atoms with Gasteiger partial charge in [0, 0.05) is 16.6 Å². The molecule has 2 aliphatic rings. The number of benzene rings is 1. The van der Waals surface area contributed by atoms with E-state index in [0.717, 1.165) is 31.4 Å². The molecule has 1 saturated carbocycles. The Morgan fingerprint density at radius 1 is 1.48 bits per heavy atom. The molecule has 2 N–H and O–H groups in total. The van der Waals surface area contributed by atoms with E-state index in [4.69, 9.17) is 0 Å². The lowest BCUT2D eigenvalue weighted by Gasteiger charge is -2.23. The summed E-state index contributed by atoms with van der Waals surface area (Å²) >= 11 is -2.30. The first-order valence-electron chi connectivity index (χ1n) is 6.87. The van der Waals surface area contributed by atoms with E-state index in [2.05, 4.69) is 15.4 Å². The van der Waals surface area contributed by atoms with Gasteiger partial charge in [0.25, 0.3) is 0 Å². The summed E-state index contributed by atoms with van der Waals surface area (Å²) in [7, 11) is 1.29. The van der Waals surface area contributed by atoms with Crippen LogP contribution in [-0.4, -0.2) is 28.5 Å². The van der Waals surface area contributed by atoms with Gasteiger partial charge in [0.05, 0.1) is 7.11 Å². The molecule has 1 aliphatic heterocycles. The van der Waals surface area contributed by atoms with Crippen LogP contribution < -0.4 is 10.6 Å². The second-order valence-corrected chi connectivity index (χ2v) is 6.51. The molecule has 1 heterocycles. The van der Waals surface area contributed by atoms with Gasteiger partial charge in [-0.05, 0) is 66.1 Å². The molecule has 1 spiro atoms. The molecule has 1 saturated heterocycles. The van der Waals surface area contributed by atoms with Gasteiger partial charge in [-0.2, -0.15) is 0 Å². The summed E-state index contributed by atoms with van der Waals surface area (Å²) in [5.74, 6) is 0. The first kappa shape index (κ1) is 14.5. The van der Waals surface area contributed by atoms with Crippen molar-refractivity contribution in [2.45, 2.75) is 30.2 Å². The summed E-state index contributed by atoms with van der Waals surface area (Å²) in [5, 5.41) is 5.98. The van der Waals surface area contributed by atoms with Crippen LogP contribution in [0.3, 0.4) is 0 Å². The highest BCUT2D eigenvalue weighted by atomic mass is 32.2. The number of nitrogens with one attached hydrogen (secondary N) is 2. The van der Waals surface area contributed by atoms with Crippen LogP contribution in [0.1, 0.15) is 30.9 Å². The fraction of sp³-hybridized carbons (Fsp3) is 0.500. The zero-order chi connectivity index (χ0) is 15.0. The molecule has 21 heavy (non-hydrogen) atoms. The number of anilines is 1. The highest BCUT2D eigenvalue weighted by Gasteiger charge is 2.53. The number of rotatable bonds is 3. The molecule has 1 aliphatic carbocycles. The van der Waals surface area contributed by atoms with Crippen LogP contribution in [-0.2, 0) is 15.8 Å². The van der Waals surface area contributed by atoms with Crippen molar-refractivity contribution in [1.82, 2.24) is 5.32 Å². The highest BCUT2D eigenvalue weighted by Crippen LogP contribution is 2.60. The maximum atomic E-state index is 11.5. The molecule has 0 bridgehead atoms. The fourth-order valence-corrected chi connectivity index (χ4v) is 3.69. The van der Waals surface area contributed by atoms with Crippen LogP contribution in [0.25, 0.3) is 0 Å². The van der Waals surface area contributed by atoms with Crippen LogP contribution in [0.5, 0.6) is 0 Å². The van der Waals surface area contributed by atoms with E-state index in [9.17, 15) is 13.6 Å². The molecule has 7 heteroatoms. The van der Waals surface area contributed by atoms with E-state index in [-0.39, 0.29) is 16.4 Å². The van der Waals surface area contributed by atoms with E-state index in [1.807, 2.05) is 0 Å². The Morgan fingerprint density at radius 3 is 2.86 bits per heavy atom. The van der Waals surface area contributed by atoms with Gasteiger partial charge in [0.15, 0.2) is 0 Å². The highest BCUT2D eigenvalue weighted by molar-refractivity contribution is 7.79. The Bertz CT molecular complexity index is 601. The van der Waals surface area contributed by atoms with Crippen LogP contribution in [0.2, 0.25) is 0 Å². The van der Waals surface area contributed by atoms with Crippen LogP contribution in [0, 0.1) is 5.41 Å². The quantitative estimate of drug-likeness (QED) is 0.832. The van der Waals surface area contributed by atoms with E-state index in [1.54, 1.807) is 12.1 Å². The van der Waals surface area contributed by atoms with Crippen molar-refractivity contribution in [3.63, 3.8) is 0 Å². The Kier molecular flexibility index (Phi) is 3.73. The van der Waals surface area contributed by atoms with E-state index in [1.165, 1.54) is 13.2 Å². The summed E-state index contributed by atoms with van der Waals surface area (Å²) in [6.07, 6.45) is 2.73. The first-order chi connectivity index (χ1) is 10.1. The minimum absolute atomic E-state index is 0.0322.